The fourth-order valence-electron chi connectivity index (χ4n) is 3.21. The zero-order valence-electron chi connectivity index (χ0n) is 16.6. The maximum Gasteiger partial charge on any atom is 0.355 e. The molecule has 0 spiro atoms. The monoisotopic (exact) mass is 403 g/mol. The first-order valence-electron chi connectivity index (χ1n) is 9.06. The van der Waals surface area contributed by atoms with Gasteiger partial charge in [-0.2, -0.15) is 5.26 Å². The van der Waals surface area contributed by atoms with Gasteiger partial charge in [0.25, 0.3) is 0 Å². The van der Waals surface area contributed by atoms with Gasteiger partial charge in [-0.3, -0.25) is 0 Å². The maximum atomic E-state index is 12.5. The summed E-state index contributed by atoms with van der Waals surface area (Å²) in [7, 11) is -1.46. The van der Waals surface area contributed by atoms with E-state index in [1.54, 1.807) is 18.5 Å². The highest BCUT2D eigenvalue weighted by atomic mass is 32.2. The zero-order chi connectivity index (χ0) is 20.9. The lowest BCUT2D eigenvalue weighted by Gasteiger charge is -2.09. The molecule has 28 heavy (non-hydrogen) atoms. The molecule has 8 heteroatoms. The smallest absolute Gasteiger partial charge is 0.355 e. The highest BCUT2D eigenvalue weighted by Crippen LogP contribution is 2.33. The van der Waals surface area contributed by atoms with Crippen LogP contribution in [-0.2, 0) is 34.6 Å². The van der Waals surface area contributed by atoms with Crippen LogP contribution in [0, 0.1) is 11.3 Å². The third-order valence-corrected chi connectivity index (χ3v) is 5.18. The maximum absolute atomic E-state index is 12.5. The Kier molecular flexibility index (Phi) is 7.00. The molecule has 1 aromatic carbocycles. The van der Waals surface area contributed by atoms with Crippen LogP contribution in [0.5, 0.6) is 0 Å². The van der Waals surface area contributed by atoms with Crippen molar-refractivity contribution in [3.63, 3.8) is 0 Å². The first-order valence-corrected chi connectivity index (χ1v) is 10.9. The van der Waals surface area contributed by atoms with E-state index in [4.69, 9.17) is 4.74 Å². The largest absolute Gasteiger partial charge is 0.461 e. The normalized spacial score (nSPS) is 11.2. The van der Waals surface area contributed by atoms with Crippen LogP contribution in [0.2, 0.25) is 0 Å². The van der Waals surface area contributed by atoms with E-state index in [-0.39, 0.29) is 6.61 Å². The molecule has 7 nitrogen and oxygen atoms in total. The number of nitrogens with zero attached hydrogens (tertiary/aromatic N) is 2. The topological polar surface area (TPSA) is 101 Å². The van der Waals surface area contributed by atoms with E-state index < -0.39 is 16.0 Å². The summed E-state index contributed by atoms with van der Waals surface area (Å²) in [6.07, 6.45) is 2.27. The fourth-order valence-corrected chi connectivity index (χ4v) is 3.68. The van der Waals surface area contributed by atoms with Crippen LogP contribution in [0.4, 0.5) is 0 Å². The van der Waals surface area contributed by atoms with Gasteiger partial charge in [0, 0.05) is 24.8 Å². The molecule has 0 bridgehead atoms. The number of benzene rings is 1. The van der Waals surface area contributed by atoms with Crippen molar-refractivity contribution < 1.29 is 17.9 Å². The molecule has 0 atom stereocenters. The molecule has 0 saturated heterocycles. The molecule has 0 unspecified atom stereocenters. The average molecular weight is 404 g/mol. The van der Waals surface area contributed by atoms with Crippen molar-refractivity contribution in [2.75, 3.05) is 19.4 Å². The van der Waals surface area contributed by atoms with Crippen LogP contribution in [0.25, 0.3) is 11.1 Å². The van der Waals surface area contributed by atoms with E-state index in [1.807, 2.05) is 31.2 Å². The molecule has 1 heterocycles. The minimum Gasteiger partial charge on any atom is -0.461 e. The number of sulfonamides is 1. The number of rotatable bonds is 8. The Labute approximate surface area is 166 Å². The number of nitriles is 1. The Bertz CT molecular complexity index is 1000. The lowest BCUT2D eigenvalue weighted by Crippen LogP contribution is -2.24. The van der Waals surface area contributed by atoms with Crippen LogP contribution in [0.3, 0.4) is 0 Å². The van der Waals surface area contributed by atoms with Crippen molar-refractivity contribution in [1.29, 1.82) is 5.26 Å². The van der Waals surface area contributed by atoms with Gasteiger partial charge in [0.05, 0.1) is 18.4 Å². The molecular formula is C20H25N3O4S. The van der Waals surface area contributed by atoms with Crippen LogP contribution >= 0.6 is 0 Å². The van der Waals surface area contributed by atoms with Crippen LogP contribution in [0.1, 0.15) is 41.2 Å². The molecule has 0 amide bonds. The van der Waals surface area contributed by atoms with Crippen LogP contribution in [0.15, 0.2) is 24.3 Å². The van der Waals surface area contributed by atoms with Gasteiger partial charge in [0.2, 0.25) is 10.0 Å². The predicted octanol–water partition coefficient (Wildman–Crippen LogP) is 2.39. The Hall–Kier alpha value is -2.63. The number of esters is 1. The lowest BCUT2D eigenvalue weighted by atomic mass is 9.98. The molecule has 0 aliphatic carbocycles. The molecule has 0 aliphatic rings. The van der Waals surface area contributed by atoms with E-state index in [0.717, 1.165) is 23.1 Å². The van der Waals surface area contributed by atoms with Crippen molar-refractivity contribution in [2.45, 2.75) is 26.7 Å². The van der Waals surface area contributed by atoms with Gasteiger partial charge in [-0.15, -0.1) is 0 Å². The second kappa shape index (κ2) is 9.04. The summed E-state index contributed by atoms with van der Waals surface area (Å²) in [5.74, 6) is -0.461. The van der Waals surface area contributed by atoms with E-state index in [1.165, 1.54) is 0 Å². The van der Waals surface area contributed by atoms with E-state index in [0.29, 0.717) is 36.2 Å². The highest BCUT2D eigenvalue weighted by Gasteiger charge is 2.26. The molecule has 0 radical (unpaired) electrons. The summed E-state index contributed by atoms with van der Waals surface area (Å²) in [5.41, 5.74) is 3.88. The summed E-state index contributed by atoms with van der Waals surface area (Å²) in [6.45, 7) is 4.23. The molecular weight excluding hydrogens is 378 g/mol. The Morgan fingerprint density at radius 1 is 1.25 bits per heavy atom. The summed E-state index contributed by atoms with van der Waals surface area (Å²) >= 11 is 0. The number of aromatic nitrogens is 1. The molecule has 2 aromatic rings. The van der Waals surface area contributed by atoms with E-state index >= 15 is 0 Å². The Morgan fingerprint density at radius 2 is 1.89 bits per heavy atom. The van der Waals surface area contributed by atoms with Crippen molar-refractivity contribution in [3.8, 4) is 17.2 Å². The number of hydrogen-bond acceptors (Lipinski definition) is 5. The molecule has 1 aromatic heterocycles. The molecule has 0 aliphatic heterocycles. The van der Waals surface area contributed by atoms with Gasteiger partial charge in [0.1, 0.15) is 11.8 Å². The van der Waals surface area contributed by atoms with Gasteiger partial charge in [-0.05, 0) is 30.9 Å². The highest BCUT2D eigenvalue weighted by molar-refractivity contribution is 7.88. The summed E-state index contributed by atoms with van der Waals surface area (Å²) in [6, 6.07) is 9.65. The second-order valence-electron chi connectivity index (χ2n) is 6.40. The Morgan fingerprint density at radius 3 is 2.39 bits per heavy atom. The fraction of sp³-hybridized carbons (Fsp3) is 0.400. The molecule has 150 valence electrons. The number of carbonyl (C=O) groups is 1. The van der Waals surface area contributed by atoms with Gasteiger partial charge in [-0.1, -0.05) is 31.2 Å². The summed E-state index contributed by atoms with van der Waals surface area (Å²) < 4.78 is 31.7. The van der Waals surface area contributed by atoms with Gasteiger partial charge in [-0.25, -0.2) is 17.9 Å². The summed E-state index contributed by atoms with van der Waals surface area (Å²) in [4.78, 5) is 12.5. The first-order chi connectivity index (χ1) is 13.2. The quantitative estimate of drug-likeness (QED) is 0.682. The number of hydrogen-bond donors (Lipinski definition) is 1. The van der Waals surface area contributed by atoms with Gasteiger partial charge in [0.15, 0.2) is 0 Å². The second-order valence-corrected chi connectivity index (χ2v) is 8.24. The summed E-state index contributed by atoms with van der Waals surface area (Å²) in [5, 5.41) is 9.71. The zero-order valence-corrected chi connectivity index (χ0v) is 17.4. The van der Waals surface area contributed by atoms with Gasteiger partial charge >= 0.3 is 5.97 Å². The van der Waals surface area contributed by atoms with Crippen molar-refractivity contribution in [1.82, 2.24) is 9.29 Å². The number of ether oxygens (including phenoxy) is 1. The number of carbonyl (C=O) groups excluding carboxylic acids is 1. The molecule has 0 fully saturated rings. The molecule has 1 N–H and O–H groups in total. The molecule has 0 saturated carbocycles. The first kappa shape index (κ1) is 21.7. The predicted molar refractivity (Wildman–Crippen MR) is 107 cm³/mol. The third kappa shape index (κ3) is 4.80. The van der Waals surface area contributed by atoms with Crippen molar-refractivity contribution in [3.05, 3.63) is 46.8 Å². The minimum absolute atomic E-state index is 0.249. The standard InChI is InChI=1S/C20H25N3O4S/c1-5-17-16(13-21)18(19(23(17)3)20(24)27-6-2)15-9-7-14(8-10-15)11-12-22-28(4,25)26/h7-10,22H,5-6,11-12H2,1-4H3. The SMILES string of the molecule is CCOC(=O)c1c(-c2ccc(CCNS(C)(=O)=O)cc2)c(C#N)c(CC)n1C. The van der Waals surface area contributed by atoms with E-state index in [9.17, 15) is 18.5 Å². The number of nitrogens with one attached hydrogen (secondary N) is 1. The van der Waals surface area contributed by atoms with E-state index in [2.05, 4.69) is 10.8 Å². The third-order valence-electron chi connectivity index (χ3n) is 4.45. The van der Waals surface area contributed by atoms with Gasteiger partial charge < -0.3 is 9.30 Å². The van der Waals surface area contributed by atoms with Crippen LogP contribution < -0.4 is 4.72 Å². The molecule has 2 rings (SSSR count). The lowest BCUT2D eigenvalue weighted by molar-refractivity contribution is 0.0516. The average Bonchev–Trinajstić information content (AvgIpc) is 2.93. The van der Waals surface area contributed by atoms with Crippen molar-refractivity contribution in [2.24, 2.45) is 7.05 Å². The van der Waals surface area contributed by atoms with Crippen molar-refractivity contribution >= 4 is 16.0 Å². The van der Waals surface area contributed by atoms with Crippen LogP contribution in [-0.4, -0.2) is 38.4 Å². The minimum atomic E-state index is -3.22. The Balaban J connectivity index is 2.43.